The first-order chi connectivity index (χ1) is 14.3. The van der Waals surface area contributed by atoms with Crippen molar-refractivity contribution in [2.24, 2.45) is 5.92 Å². The summed E-state index contributed by atoms with van der Waals surface area (Å²) in [5.74, 6) is 0.165. The van der Waals surface area contributed by atoms with Crippen LogP contribution in [0, 0.1) is 11.7 Å². The van der Waals surface area contributed by atoms with Crippen molar-refractivity contribution in [3.63, 3.8) is 0 Å². The van der Waals surface area contributed by atoms with Crippen LogP contribution in [-0.2, 0) is 23.1 Å². The third kappa shape index (κ3) is 5.50. The summed E-state index contributed by atoms with van der Waals surface area (Å²) in [4.78, 5) is 1.95. The summed E-state index contributed by atoms with van der Waals surface area (Å²) < 4.78 is 52.3. The maximum atomic E-state index is 14.4. The predicted molar refractivity (Wildman–Crippen MR) is 114 cm³/mol. The minimum Gasteiger partial charge on any atom is -0.493 e. The first-order valence-electron chi connectivity index (χ1n) is 10.0. The maximum Gasteiger partial charge on any atom is 0.243 e. The molecule has 1 aliphatic rings. The number of likely N-dealkylation sites (tertiary alicyclic amines) is 1. The highest BCUT2D eigenvalue weighted by Gasteiger charge is 2.22. The van der Waals surface area contributed by atoms with Gasteiger partial charge in [-0.05, 0) is 43.0 Å². The lowest BCUT2D eigenvalue weighted by molar-refractivity contribution is 0.185. The second kappa shape index (κ2) is 9.76. The van der Waals surface area contributed by atoms with Gasteiger partial charge in [0, 0.05) is 25.2 Å². The number of benzene rings is 2. The van der Waals surface area contributed by atoms with Crippen LogP contribution in [0.15, 0.2) is 41.3 Å². The number of halogens is 1. The SMILES string of the molecule is COc1cc(F)c(S(=O)(=O)NCc2cccc(CN3CCC(C)CC3)c2)cc1OC. The first kappa shape index (κ1) is 22.5. The molecule has 164 valence electrons. The van der Waals surface area contributed by atoms with Crippen LogP contribution < -0.4 is 14.2 Å². The van der Waals surface area contributed by atoms with Gasteiger partial charge in [-0.1, -0.05) is 31.2 Å². The fourth-order valence-corrected chi connectivity index (χ4v) is 4.70. The second-order valence-electron chi connectivity index (χ2n) is 7.74. The summed E-state index contributed by atoms with van der Waals surface area (Å²) in [7, 11) is -1.33. The fourth-order valence-electron chi connectivity index (χ4n) is 3.61. The summed E-state index contributed by atoms with van der Waals surface area (Å²) in [5.41, 5.74) is 1.96. The summed E-state index contributed by atoms with van der Waals surface area (Å²) in [6.07, 6.45) is 2.41. The Bertz CT molecular complexity index is 973. The first-order valence-corrected chi connectivity index (χ1v) is 11.5. The Labute approximate surface area is 178 Å². The van der Waals surface area contributed by atoms with Gasteiger partial charge in [-0.3, -0.25) is 4.90 Å². The maximum absolute atomic E-state index is 14.4. The zero-order valence-electron chi connectivity index (χ0n) is 17.7. The third-order valence-electron chi connectivity index (χ3n) is 5.47. The van der Waals surface area contributed by atoms with Crippen molar-refractivity contribution in [1.82, 2.24) is 9.62 Å². The van der Waals surface area contributed by atoms with E-state index in [1.54, 1.807) is 0 Å². The van der Waals surface area contributed by atoms with Crippen molar-refractivity contribution < 1.29 is 22.3 Å². The number of hydrogen-bond acceptors (Lipinski definition) is 5. The predicted octanol–water partition coefficient (Wildman–Crippen LogP) is 3.55. The zero-order chi connectivity index (χ0) is 21.7. The molecule has 2 aromatic carbocycles. The number of methoxy groups -OCH3 is 2. The number of nitrogens with one attached hydrogen (secondary N) is 1. The number of rotatable bonds is 8. The molecule has 0 aliphatic carbocycles. The number of sulfonamides is 1. The lowest BCUT2D eigenvalue weighted by Gasteiger charge is -2.30. The molecule has 0 atom stereocenters. The van der Waals surface area contributed by atoms with Crippen LogP contribution in [-0.4, -0.2) is 40.6 Å². The van der Waals surface area contributed by atoms with E-state index in [0.29, 0.717) is 0 Å². The van der Waals surface area contributed by atoms with Gasteiger partial charge in [0.05, 0.1) is 14.2 Å². The minimum atomic E-state index is -4.06. The van der Waals surface area contributed by atoms with Gasteiger partial charge < -0.3 is 9.47 Å². The molecule has 0 amide bonds. The molecule has 0 radical (unpaired) electrons. The van der Waals surface area contributed by atoms with Gasteiger partial charge in [0.1, 0.15) is 10.7 Å². The number of ether oxygens (including phenoxy) is 2. The van der Waals surface area contributed by atoms with Crippen molar-refractivity contribution in [1.29, 1.82) is 0 Å². The van der Waals surface area contributed by atoms with Gasteiger partial charge in [-0.2, -0.15) is 0 Å². The van der Waals surface area contributed by atoms with Crippen LogP contribution in [0.1, 0.15) is 30.9 Å². The van der Waals surface area contributed by atoms with E-state index in [2.05, 4.69) is 16.5 Å². The zero-order valence-corrected chi connectivity index (χ0v) is 18.5. The quantitative estimate of drug-likeness (QED) is 0.685. The Morgan fingerprint density at radius 3 is 2.37 bits per heavy atom. The molecular formula is C22H29FN2O4S. The molecular weight excluding hydrogens is 407 g/mol. The van der Waals surface area contributed by atoms with Crippen LogP contribution in [0.5, 0.6) is 11.5 Å². The lowest BCUT2D eigenvalue weighted by atomic mass is 9.98. The summed E-state index contributed by atoms with van der Waals surface area (Å²) in [6.45, 7) is 5.36. The van der Waals surface area contributed by atoms with Gasteiger partial charge in [0.15, 0.2) is 11.5 Å². The van der Waals surface area contributed by atoms with Crippen LogP contribution in [0.2, 0.25) is 0 Å². The molecule has 0 aromatic heterocycles. The van der Waals surface area contributed by atoms with Gasteiger partial charge in [-0.25, -0.2) is 17.5 Å². The van der Waals surface area contributed by atoms with Gasteiger partial charge in [-0.15, -0.1) is 0 Å². The topological polar surface area (TPSA) is 67.9 Å². The highest BCUT2D eigenvalue weighted by Crippen LogP contribution is 2.31. The molecule has 2 aromatic rings. The minimum absolute atomic E-state index is 0.0704. The molecule has 0 bridgehead atoms. The lowest BCUT2D eigenvalue weighted by Crippen LogP contribution is -2.32. The Hall–Kier alpha value is -2.16. The largest absolute Gasteiger partial charge is 0.493 e. The fraction of sp³-hybridized carbons (Fsp3) is 0.455. The highest BCUT2D eigenvalue weighted by atomic mass is 32.2. The molecule has 30 heavy (non-hydrogen) atoms. The molecule has 1 aliphatic heterocycles. The van der Waals surface area contributed by atoms with Gasteiger partial charge >= 0.3 is 0 Å². The number of hydrogen-bond donors (Lipinski definition) is 1. The molecule has 1 heterocycles. The van der Waals surface area contributed by atoms with Crippen molar-refractivity contribution in [3.05, 3.63) is 53.3 Å². The van der Waals surface area contributed by atoms with Crippen molar-refractivity contribution in [2.75, 3.05) is 27.3 Å². The van der Waals surface area contributed by atoms with Crippen LogP contribution in [0.3, 0.4) is 0 Å². The summed E-state index contributed by atoms with van der Waals surface area (Å²) in [6, 6.07) is 9.95. The molecule has 1 N–H and O–H groups in total. The van der Waals surface area contributed by atoms with E-state index in [1.807, 2.05) is 24.3 Å². The van der Waals surface area contributed by atoms with Crippen molar-refractivity contribution in [2.45, 2.75) is 37.8 Å². The van der Waals surface area contributed by atoms with E-state index in [4.69, 9.17) is 9.47 Å². The number of piperidine rings is 1. The molecule has 0 saturated carbocycles. The van der Waals surface area contributed by atoms with E-state index in [1.165, 1.54) is 27.1 Å². The molecule has 1 fully saturated rings. The Kier molecular flexibility index (Phi) is 7.33. The molecule has 0 unspecified atom stereocenters. The molecule has 6 nitrogen and oxygen atoms in total. The van der Waals surface area contributed by atoms with Crippen LogP contribution >= 0.6 is 0 Å². The second-order valence-corrected chi connectivity index (χ2v) is 9.48. The smallest absolute Gasteiger partial charge is 0.243 e. The Morgan fingerprint density at radius 1 is 1.07 bits per heavy atom. The van der Waals surface area contributed by atoms with Gasteiger partial charge in [0.25, 0.3) is 0 Å². The third-order valence-corrected chi connectivity index (χ3v) is 6.88. The van der Waals surface area contributed by atoms with E-state index in [9.17, 15) is 12.8 Å². The van der Waals surface area contributed by atoms with Crippen LogP contribution in [0.25, 0.3) is 0 Å². The van der Waals surface area contributed by atoms with Crippen molar-refractivity contribution in [3.8, 4) is 11.5 Å². The summed E-state index contributed by atoms with van der Waals surface area (Å²) in [5, 5.41) is 0. The van der Waals surface area contributed by atoms with E-state index >= 15 is 0 Å². The molecule has 0 spiro atoms. The van der Waals surface area contributed by atoms with Crippen molar-refractivity contribution >= 4 is 10.0 Å². The monoisotopic (exact) mass is 436 g/mol. The Morgan fingerprint density at radius 2 is 1.70 bits per heavy atom. The van der Waals surface area contributed by atoms with Gasteiger partial charge in [0.2, 0.25) is 10.0 Å². The Balaban J connectivity index is 1.69. The normalized spacial score (nSPS) is 15.9. The van der Waals surface area contributed by atoms with E-state index in [0.717, 1.165) is 48.8 Å². The summed E-state index contributed by atoms with van der Waals surface area (Å²) >= 11 is 0. The van der Waals surface area contributed by atoms with E-state index < -0.39 is 20.7 Å². The standard InChI is InChI=1S/C22H29FN2O4S/c1-16-7-9-25(10-8-16)15-18-6-4-5-17(11-18)14-24-30(26,27)22-13-21(29-3)20(28-2)12-19(22)23/h4-6,11-13,16,24H,7-10,14-15H2,1-3H3. The van der Waals surface area contributed by atoms with E-state index in [-0.39, 0.29) is 18.0 Å². The molecule has 3 rings (SSSR count). The number of nitrogens with zero attached hydrogens (tertiary/aromatic N) is 1. The average molecular weight is 437 g/mol. The van der Waals surface area contributed by atoms with Crippen LogP contribution in [0.4, 0.5) is 4.39 Å². The highest BCUT2D eigenvalue weighted by molar-refractivity contribution is 7.89. The molecule has 8 heteroatoms. The average Bonchev–Trinajstić information content (AvgIpc) is 2.74. The molecule has 1 saturated heterocycles.